The molecule has 2 N–H and O–H groups in total. The van der Waals surface area contributed by atoms with Gasteiger partial charge in [-0.1, -0.05) is 98.8 Å². The van der Waals surface area contributed by atoms with Crippen molar-refractivity contribution >= 4 is 34.8 Å². The zero-order valence-corrected chi connectivity index (χ0v) is 29.0. The zero-order valence-electron chi connectivity index (χ0n) is 29.0. The Kier molecular flexibility index (Phi) is 11.6. The van der Waals surface area contributed by atoms with Crippen molar-refractivity contribution in [3.63, 3.8) is 0 Å². The summed E-state index contributed by atoms with van der Waals surface area (Å²) in [6, 6.07) is 32.5. The first kappa shape index (κ1) is 35.7. The van der Waals surface area contributed by atoms with Crippen LogP contribution in [-0.4, -0.2) is 47.2 Å². The fourth-order valence-corrected chi connectivity index (χ4v) is 5.96. The average Bonchev–Trinajstić information content (AvgIpc) is 3.52. The van der Waals surface area contributed by atoms with E-state index >= 15 is 0 Å². The third-order valence-electron chi connectivity index (χ3n) is 8.79. The third-order valence-corrected chi connectivity index (χ3v) is 8.79. The maximum atomic E-state index is 14.2. The van der Waals surface area contributed by atoms with E-state index in [1.54, 1.807) is 24.3 Å². The largest absolute Gasteiger partial charge is 0.461 e. The fourth-order valence-electron chi connectivity index (χ4n) is 5.96. The highest BCUT2D eigenvalue weighted by Crippen LogP contribution is 2.32. The number of ketones is 1. The molecule has 0 saturated carbocycles. The second-order valence-electron chi connectivity index (χ2n) is 13.2. The van der Waals surface area contributed by atoms with Gasteiger partial charge in [0.15, 0.2) is 11.8 Å². The van der Waals surface area contributed by atoms with Crippen molar-refractivity contribution in [2.24, 2.45) is 5.92 Å². The number of esters is 1. The lowest BCUT2D eigenvalue weighted by Crippen LogP contribution is -2.56. The second-order valence-corrected chi connectivity index (χ2v) is 13.2. The third kappa shape index (κ3) is 9.30. The zero-order chi connectivity index (χ0) is 35.7. The Morgan fingerprint density at radius 2 is 1.34 bits per heavy atom. The number of carbonyl (C=O) groups excluding carboxylic acids is 4. The van der Waals surface area contributed by atoms with Gasteiger partial charge in [0.2, 0.25) is 5.91 Å². The average molecular weight is 671 g/mol. The van der Waals surface area contributed by atoms with Crippen LogP contribution in [0.5, 0.6) is 0 Å². The molecule has 256 valence electrons. The highest BCUT2D eigenvalue weighted by Gasteiger charge is 2.42. The van der Waals surface area contributed by atoms with Crippen LogP contribution in [0.3, 0.4) is 0 Å². The van der Waals surface area contributed by atoms with E-state index in [0.717, 1.165) is 27.8 Å². The van der Waals surface area contributed by atoms with E-state index < -0.39 is 24.0 Å². The number of nitrogens with zero attached hydrogens (tertiary/aromatic N) is 1. The number of Topliss-reactive ketones (excluding diaryl/α,β-unsaturated/α-hetero) is 1. The van der Waals surface area contributed by atoms with Crippen LogP contribution in [0.25, 0.3) is 16.7 Å². The van der Waals surface area contributed by atoms with Gasteiger partial charge < -0.3 is 15.4 Å². The van der Waals surface area contributed by atoms with Crippen molar-refractivity contribution in [2.75, 3.05) is 12.4 Å². The summed E-state index contributed by atoms with van der Waals surface area (Å²) in [5, 5.41) is 5.84. The number of rotatable bonds is 14. The summed E-state index contributed by atoms with van der Waals surface area (Å²) in [6.07, 6.45) is 5.97. The lowest BCUT2D eigenvalue weighted by atomic mass is 10.0. The van der Waals surface area contributed by atoms with Gasteiger partial charge in [0.05, 0.1) is 7.05 Å². The van der Waals surface area contributed by atoms with Crippen LogP contribution in [0.2, 0.25) is 0 Å². The molecule has 3 atom stereocenters. The lowest BCUT2D eigenvalue weighted by Gasteiger charge is -2.33. The van der Waals surface area contributed by atoms with Crippen LogP contribution in [0.4, 0.5) is 5.69 Å². The Hall–Kier alpha value is -5.60. The number of amides is 2. The number of carbonyl (C=O) groups is 4. The Morgan fingerprint density at radius 1 is 0.740 bits per heavy atom. The number of hydrogen-bond acceptors (Lipinski definition) is 5. The standard InChI is InChI=1S/C42H43N3O5/c1-29(2)25-38(41(48)43-37-21-19-32(20-22-37)30(3)46)44-42(49)39(26-40(47)50-28-31-11-7-5-8-12-31)45(4)24-23-36(27-45)35-17-15-34(16-18-35)33-13-9-6-10-14-33/h5-24,27,29,38-39H,25-26,28H2,1-4H3,(H-,43,44,46,48,49)/p+1/t38-,39+,45?/m0/s1. The topological polar surface area (TPSA) is 102 Å². The number of quaternary nitrogens is 1. The van der Waals surface area contributed by atoms with Crippen molar-refractivity contribution in [2.45, 2.75) is 52.3 Å². The van der Waals surface area contributed by atoms with Crippen molar-refractivity contribution < 1.29 is 28.4 Å². The maximum Gasteiger partial charge on any atom is 0.312 e. The van der Waals surface area contributed by atoms with Gasteiger partial charge in [-0.15, -0.1) is 0 Å². The van der Waals surface area contributed by atoms with Crippen molar-refractivity contribution in [1.82, 2.24) is 5.32 Å². The summed E-state index contributed by atoms with van der Waals surface area (Å²) in [7, 11) is 1.87. The number of hydrogen-bond donors (Lipinski definition) is 2. The highest BCUT2D eigenvalue weighted by atomic mass is 16.5. The predicted octanol–water partition coefficient (Wildman–Crippen LogP) is 7.54. The molecule has 8 heteroatoms. The number of allylic oxidation sites excluding steroid dienone is 2. The first-order chi connectivity index (χ1) is 24.0. The van der Waals surface area contributed by atoms with Crippen LogP contribution in [0.15, 0.2) is 128 Å². The minimum absolute atomic E-state index is 0.00453. The quantitative estimate of drug-likeness (QED) is 0.0820. The van der Waals surface area contributed by atoms with Gasteiger partial charge in [-0.2, -0.15) is 0 Å². The molecule has 1 unspecified atom stereocenters. The summed E-state index contributed by atoms with van der Waals surface area (Å²) < 4.78 is 5.63. The van der Waals surface area contributed by atoms with Crippen LogP contribution >= 0.6 is 0 Å². The Morgan fingerprint density at radius 3 is 1.96 bits per heavy atom. The molecule has 8 nitrogen and oxygen atoms in total. The fraction of sp³-hybridized carbons (Fsp3) is 0.238. The minimum Gasteiger partial charge on any atom is -0.461 e. The van der Waals surface area contributed by atoms with Gasteiger partial charge in [0.1, 0.15) is 31.5 Å². The molecule has 0 saturated heterocycles. The molecular formula is C42H44N3O5+. The summed E-state index contributed by atoms with van der Waals surface area (Å²) in [5.41, 5.74) is 5.99. The van der Waals surface area contributed by atoms with Crippen LogP contribution < -0.4 is 10.6 Å². The first-order valence-electron chi connectivity index (χ1n) is 16.9. The molecule has 0 spiro atoms. The van der Waals surface area contributed by atoms with Gasteiger partial charge >= 0.3 is 5.97 Å². The molecule has 50 heavy (non-hydrogen) atoms. The van der Waals surface area contributed by atoms with E-state index in [1.807, 2.05) is 100 Å². The molecule has 0 radical (unpaired) electrons. The molecule has 0 aliphatic carbocycles. The van der Waals surface area contributed by atoms with E-state index in [1.165, 1.54) is 6.92 Å². The summed E-state index contributed by atoms with van der Waals surface area (Å²) in [4.78, 5) is 52.8. The van der Waals surface area contributed by atoms with E-state index in [4.69, 9.17) is 4.74 Å². The van der Waals surface area contributed by atoms with Gasteiger partial charge in [-0.3, -0.25) is 23.7 Å². The van der Waals surface area contributed by atoms with E-state index in [2.05, 4.69) is 34.9 Å². The Bertz CT molecular complexity index is 1870. The molecular weight excluding hydrogens is 626 g/mol. The van der Waals surface area contributed by atoms with Gasteiger partial charge in [0.25, 0.3) is 5.91 Å². The Balaban J connectivity index is 1.38. The van der Waals surface area contributed by atoms with Gasteiger partial charge in [-0.05, 0) is 65.8 Å². The molecule has 1 aliphatic rings. The van der Waals surface area contributed by atoms with E-state index in [-0.39, 0.29) is 35.1 Å². The molecule has 0 fully saturated rings. The summed E-state index contributed by atoms with van der Waals surface area (Å²) >= 11 is 0. The van der Waals surface area contributed by atoms with Crippen LogP contribution in [0.1, 0.15) is 55.1 Å². The van der Waals surface area contributed by atoms with Gasteiger partial charge in [0, 0.05) is 22.9 Å². The van der Waals surface area contributed by atoms with Gasteiger partial charge in [-0.25, -0.2) is 0 Å². The number of benzene rings is 4. The first-order valence-corrected chi connectivity index (χ1v) is 16.9. The number of ether oxygens (including phenoxy) is 1. The molecule has 1 heterocycles. The summed E-state index contributed by atoms with van der Waals surface area (Å²) in [5.74, 6) is -1.34. The SMILES string of the molecule is CC(=O)c1ccc(NC(=O)[C@H](CC(C)C)NC(=O)[C@@H](CC(=O)OCc2ccccc2)[N+]2(C)C=CC(c3ccc(-c4ccccc4)cc3)=C2)cc1. The minimum atomic E-state index is -0.923. The van der Waals surface area contributed by atoms with Crippen molar-refractivity contribution in [1.29, 1.82) is 0 Å². The normalized spacial score (nSPS) is 16.3. The van der Waals surface area contributed by atoms with Crippen LogP contribution in [0, 0.1) is 5.92 Å². The molecule has 0 aromatic heterocycles. The van der Waals surface area contributed by atoms with E-state index in [0.29, 0.717) is 17.7 Å². The molecule has 0 bridgehead atoms. The monoisotopic (exact) mass is 670 g/mol. The summed E-state index contributed by atoms with van der Waals surface area (Å²) in [6.45, 7) is 5.51. The molecule has 1 aliphatic heterocycles. The molecule has 4 aromatic rings. The highest BCUT2D eigenvalue weighted by molar-refractivity contribution is 5.99. The second kappa shape index (κ2) is 16.2. The molecule has 2 amide bonds. The number of likely N-dealkylation sites (N-methyl/N-ethyl adjacent to an activating group) is 1. The van der Waals surface area contributed by atoms with Crippen LogP contribution in [-0.2, 0) is 25.7 Å². The maximum absolute atomic E-state index is 14.2. The molecule has 5 rings (SSSR count). The Labute approximate surface area is 294 Å². The molecule has 4 aromatic carbocycles. The smallest absolute Gasteiger partial charge is 0.312 e. The number of nitrogens with one attached hydrogen (secondary N) is 2. The number of anilines is 1. The lowest BCUT2D eigenvalue weighted by molar-refractivity contribution is -0.820. The van der Waals surface area contributed by atoms with Crippen molar-refractivity contribution in [3.8, 4) is 11.1 Å². The van der Waals surface area contributed by atoms with E-state index in [9.17, 15) is 19.2 Å². The van der Waals surface area contributed by atoms with Crippen molar-refractivity contribution in [3.05, 3.63) is 144 Å². The predicted molar refractivity (Wildman–Crippen MR) is 196 cm³/mol.